The molecule has 220 valence electrons. The van der Waals surface area contributed by atoms with Crippen LogP contribution in [0.15, 0.2) is 54.9 Å². The van der Waals surface area contributed by atoms with Gasteiger partial charge in [0.25, 0.3) is 0 Å². The minimum Gasteiger partial charge on any atom is -0.368 e. The highest BCUT2D eigenvalue weighted by molar-refractivity contribution is 6.31. The number of aromatic amines is 2. The van der Waals surface area contributed by atoms with Crippen molar-refractivity contribution in [2.45, 2.75) is 50.2 Å². The van der Waals surface area contributed by atoms with Gasteiger partial charge in [-0.15, -0.1) is 11.6 Å². The van der Waals surface area contributed by atoms with Gasteiger partial charge in [0.2, 0.25) is 23.6 Å². The number of fused-ring (bicyclic) bond motifs is 2. The number of halogens is 2. The third kappa shape index (κ3) is 6.39. The van der Waals surface area contributed by atoms with Crippen molar-refractivity contribution < 1.29 is 19.2 Å². The van der Waals surface area contributed by atoms with E-state index < -0.39 is 35.8 Å². The molecule has 2 aromatic heterocycles. The molecule has 0 unspecified atom stereocenters. The summed E-state index contributed by atoms with van der Waals surface area (Å²) in [6.07, 6.45) is 5.80. The standard InChI is InChI=1S/C30H32Cl2N6O4/c31-14-27(39)36-25(12-18-15-34-22-6-2-1-5-20(18)22)30(42)38-10-4-3-7-26(38)29(41)37-24(28(33)40)11-17-16-35-23-13-19(32)8-9-21(17)23/h1-2,5-6,8-9,13,15-16,24-26,34-35H,3-4,7,10-12,14H2,(H2,33,40)(H,36,39)(H,37,41)/t24-,25-,26-/m0/s1. The fourth-order valence-electron chi connectivity index (χ4n) is 5.66. The van der Waals surface area contributed by atoms with Gasteiger partial charge in [-0.1, -0.05) is 35.9 Å². The average Bonchev–Trinajstić information content (AvgIpc) is 3.59. The number of aromatic nitrogens is 2. The Hall–Kier alpha value is -4.02. The lowest BCUT2D eigenvalue weighted by Crippen LogP contribution is -2.60. The molecule has 1 fully saturated rings. The Morgan fingerprint density at radius 3 is 2.36 bits per heavy atom. The van der Waals surface area contributed by atoms with Crippen LogP contribution in [0.5, 0.6) is 0 Å². The van der Waals surface area contributed by atoms with Crippen molar-refractivity contribution in [2.75, 3.05) is 12.4 Å². The summed E-state index contributed by atoms with van der Waals surface area (Å²) in [5.41, 5.74) is 9.07. The Labute approximate surface area is 252 Å². The molecule has 0 bridgehead atoms. The normalized spacial score (nSPS) is 16.7. The highest BCUT2D eigenvalue weighted by atomic mass is 35.5. The summed E-state index contributed by atoms with van der Waals surface area (Å²) < 4.78 is 0. The molecule has 4 aromatic rings. The van der Waals surface area contributed by atoms with Crippen LogP contribution in [0.2, 0.25) is 5.02 Å². The van der Waals surface area contributed by atoms with E-state index in [9.17, 15) is 19.2 Å². The monoisotopic (exact) mass is 610 g/mol. The topological polar surface area (TPSA) is 153 Å². The largest absolute Gasteiger partial charge is 0.368 e. The highest BCUT2D eigenvalue weighted by Crippen LogP contribution is 2.25. The third-order valence-corrected chi connectivity index (χ3v) is 8.23. The summed E-state index contributed by atoms with van der Waals surface area (Å²) >= 11 is 11.9. The van der Waals surface area contributed by atoms with Crippen LogP contribution in [-0.4, -0.2) is 69.0 Å². The zero-order valence-electron chi connectivity index (χ0n) is 22.8. The predicted octanol–water partition coefficient (Wildman–Crippen LogP) is 3.16. The quantitative estimate of drug-likeness (QED) is 0.175. The number of carbonyl (C=O) groups is 4. The van der Waals surface area contributed by atoms with Crippen molar-refractivity contribution in [3.63, 3.8) is 0 Å². The van der Waals surface area contributed by atoms with E-state index in [-0.39, 0.29) is 24.6 Å². The SMILES string of the molecule is NC(=O)[C@H](Cc1c[nH]c2cc(Cl)ccc12)NC(=O)[C@@H]1CCCCN1C(=O)[C@H](Cc1c[nH]c2ccccc12)NC(=O)CCl. The number of benzene rings is 2. The number of para-hydroxylation sites is 1. The average molecular weight is 612 g/mol. The first-order chi connectivity index (χ1) is 20.2. The number of nitrogens with one attached hydrogen (secondary N) is 4. The lowest BCUT2D eigenvalue weighted by molar-refractivity contribution is -0.145. The van der Waals surface area contributed by atoms with Gasteiger partial charge in [0.1, 0.15) is 24.0 Å². The molecule has 3 atom stereocenters. The molecule has 1 aliphatic heterocycles. The molecule has 10 nitrogen and oxygen atoms in total. The van der Waals surface area contributed by atoms with E-state index in [0.717, 1.165) is 39.4 Å². The van der Waals surface area contributed by atoms with Gasteiger partial charge in [-0.3, -0.25) is 19.2 Å². The van der Waals surface area contributed by atoms with Gasteiger partial charge in [-0.2, -0.15) is 0 Å². The van der Waals surface area contributed by atoms with Gasteiger partial charge in [-0.05, 0) is 48.6 Å². The van der Waals surface area contributed by atoms with Crippen molar-refractivity contribution in [2.24, 2.45) is 5.73 Å². The van der Waals surface area contributed by atoms with Crippen LogP contribution in [0.25, 0.3) is 21.8 Å². The second-order valence-corrected chi connectivity index (χ2v) is 11.2. The summed E-state index contributed by atoms with van der Waals surface area (Å²) in [4.78, 5) is 60.1. The van der Waals surface area contributed by atoms with E-state index in [1.54, 1.807) is 18.3 Å². The Kier molecular flexibility index (Phi) is 9.03. The van der Waals surface area contributed by atoms with E-state index in [0.29, 0.717) is 24.4 Å². The van der Waals surface area contributed by atoms with Gasteiger partial charge >= 0.3 is 0 Å². The fourth-order valence-corrected chi connectivity index (χ4v) is 5.91. The minimum atomic E-state index is -0.996. The maximum Gasteiger partial charge on any atom is 0.246 e. The van der Waals surface area contributed by atoms with Crippen molar-refractivity contribution in [1.82, 2.24) is 25.5 Å². The molecule has 0 radical (unpaired) electrons. The smallest absolute Gasteiger partial charge is 0.246 e. The summed E-state index contributed by atoms with van der Waals surface area (Å²) in [6.45, 7) is 0.336. The highest BCUT2D eigenvalue weighted by Gasteiger charge is 2.37. The van der Waals surface area contributed by atoms with Gasteiger partial charge < -0.3 is 31.2 Å². The fraction of sp³-hybridized carbons (Fsp3) is 0.333. The summed E-state index contributed by atoms with van der Waals surface area (Å²) in [5, 5.41) is 7.90. The molecule has 3 heterocycles. The van der Waals surface area contributed by atoms with Gasteiger partial charge in [0.15, 0.2) is 0 Å². The van der Waals surface area contributed by atoms with E-state index >= 15 is 0 Å². The minimum absolute atomic E-state index is 0.165. The zero-order chi connectivity index (χ0) is 29.8. The van der Waals surface area contributed by atoms with E-state index in [4.69, 9.17) is 28.9 Å². The molecule has 1 saturated heterocycles. The molecule has 6 N–H and O–H groups in total. The third-order valence-electron chi connectivity index (χ3n) is 7.76. The van der Waals surface area contributed by atoms with E-state index in [1.807, 2.05) is 36.5 Å². The maximum absolute atomic E-state index is 13.9. The van der Waals surface area contributed by atoms with Crippen molar-refractivity contribution >= 4 is 68.6 Å². The number of nitrogens with two attached hydrogens (primary N) is 1. The first-order valence-corrected chi connectivity index (χ1v) is 14.7. The van der Waals surface area contributed by atoms with Gasteiger partial charge in [0.05, 0.1) is 0 Å². The number of carbonyl (C=O) groups excluding carboxylic acids is 4. The number of likely N-dealkylation sites (tertiary alicyclic amines) is 1. The Balaban J connectivity index is 1.35. The zero-order valence-corrected chi connectivity index (χ0v) is 24.3. The second kappa shape index (κ2) is 12.9. The van der Waals surface area contributed by atoms with Crippen molar-refractivity contribution in [3.05, 3.63) is 71.0 Å². The lowest BCUT2D eigenvalue weighted by atomic mass is 9.97. The molecule has 2 aromatic carbocycles. The molecular weight excluding hydrogens is 579 g/mol. The number of amides is 4. The van der Waals surface area contributed by atoms with Crippen molar-refractivity contribution in [3.8, 4) is 0 Å². The van der Waals surface area contributed by atoms with Crippen LogP contribution in [0.1, 0.15) is 30.4 Å². The van der Waals surface area contributed by atoms with Gasteiger partial charge in [-0.25, -0.2) is 0 Å². The van der Waals surface area contributed by atoms with Crippen LogP contribution in [0.3, 0.4) is 0 Å². The Morgan fingerprint density at radius 2 is 1.62 bits per heavy atom. The van der Waals surface area contributed by atoms with E-state index in [2.05, 4.69) is 20.6 Å². The molecule has 5 rings (SSSR count). The van der Waals surface area contributed by atoms with Crippen LogP contribution in [0, 0.1) is 0 Å². The molecule has 42 heavy (non-hydrogen) atoms. The van der Waals surface area contributed by atoms with Gasteiger partial charge in [0, 0.05) is 58.6 Å². The molecular formula is C30H32Cl2N6O4. The van der Waals surface area contributed by atoms with Crippen LogP contribution in [0.4, 0.5) is 0 Å². The predicted molar refractivity (Wildman–Crippen MR) is 162 cm³/mol. The van der Waals surface area contributed by atoms with Crippen LogP contribution < -0.4 is 16.4 Å². The van der Waals surface area contributed by atoms with Crippen LogP contribution in [-0.2, 0) is 32.0 Å². The number of alkyl halides is 1. The molecule has 0 saturated carbocycles. The number of hydrogen-bond donors (Lipinski definition) is 5. The second-order valence-electron chi connectivity index (χ2n) is 10.5. The molecule has 4 amide bonds. The summed E-state index contributed by atoms with van der Waals surface area (Å²) in [6, 6.07) is 10.3. The molecule has 0 spiro atoms. The Morgan fingerprint density at radius 1 is 0.929 bits per heavy atom. The number of piperidine rings is 1. The maximum atomic E-state index is 13.9. The summed E-state index contributed by atoms with van der Waals surface area (Å²) in [5.74, 6) is -2.33. The van der Waals surface area contributed by atoms with E-state index in [1.165, 1.54) is 4.90 Å². The number of primary amides is 1. The number of rotatable bonds is 10. The Bertz CT molecular complexity index is 1630. The van der Waals surface area contributed by atoms with Crippen molar-refractivity contribution in [1.29, 1.82) is 0 Å². The molecule has 12 heteroatoms. The summed E-state index contributed by atoms with van der Waals surface area (Å²) in [7, 11) is 0. The first kappa shape index (κ1) is 29.5. The first-order valence-electron chi connectivity index (χ1n) is 13.8. The number of nitrogens with zero attached hydrogens (tertiary/aromatic N) is 1. The lowest BCUT2D eigenvalue weighted by Gasteiger charge is -2.37. The molecule has 0 aliphatic carbocycles. The van der Waals surface area contributed by atoms with Crippen LogP contribution >= 0.6 is 23.2 Å². The molecule has 1 aliphatic rings. The number of hydrogen-bond acceptors (Lipinski definition) is 4. The number of H-pyrrole nitrogens is 2.